The fourth-order valence-corrected chi connectivity index (χ4v) is 4.49. The lowest BCUT2D eigenvalue weighted by Gasteiger charge is -2.36. The Morgan fingerprint density at radius 3 is 2.33 bits per heavy atom. The number of piperazine rings is 1. The van der Waals surface area contributed by atoms with Gasteiger partial charge < -0.3 is 10.2 Å². The van der Waals surface area contributed by atoms with E-state index >= 15 is 0 Å². The first-order valence-corrected chi connectivity index (χ1v) is 11.8. The molecule has 1 saturated heterocycles. The molecule has 1 aliphatic heterocycles. The van der Waals surface area contributed by atoms with Crippen LogP contribution < -0.4 is 5.32 Å². The van der Waals surface area contributed by atoms with Crippen LogP contribution in [-0.4, -0.2) is 60.7 Å². The molecule has 1 aliphatic rings. The molecule has 9 heteroatoms. The Hall–Kier alpha value is -2.78. The lowest BCUT2D eigenvalue weighted by Crippen LogP contribution is -2.49. The Morgan fingerprint density at radius 2 is 1.70 bits per heavy atom. The van der Waals surface area contributed by atoms with Gasteiger partial charge in [0.05, 0.1) is 29.3 Å². The maximum atomic E-state index is 13.2. The standard InChI is InChI=1S/C24H32FN7S/c1-5-31-16-21(17(2)27-31)15-29-10-12-30(13-11-29)24(33)26-23-18(3)28-32(19(23)4)14-20-6-8-22(25)9-7-20/h6-9,16H,5,10-15H2,1-4H3,(H,26,33). The summed E-state index contributed by atoms with van der Waals surface area (Å²) in [6.45, 7) is 14.3. The summed E-state index contributed by atoms with van der Waals surface area (Å²) in [5.74, 6) is -0.230. The summed E-state index contributed by atoms with van der Waals surface area (Å²) in [5.41, 5.74) is 6.28. The van der Waals surface area contributed by atoms with Crippen molar-refractivity contribution in [1.82, 2.24) is 29.4 Å². The minimum Gasteiger partial charge on any atom is -0.346 e. The van der Waals surface area contributed by atoms with Crippen LogP contribution in [0.15, 0.2) is 30.5 Å². The number of aromatic nitrogens is 4. The molecule has 4 rings (SSSR count). The molecule has 3 aromatic rings. The molecule has 33 heavy (non-hydrogen) atoms. The molecule has 1 fully saturated rings. The number of benzene rings is 1. The molecule has 1 aromatic carbocycles. The number of nitrogens with one attached hydrogen (secondary N) is 1. The molecule has 0 amide bonds. The molecular formula is C24H32FN7S. The first kappa shape index (κ1) is 23.4. The monoisotopic (exact) mass is 469 g/mol. The first-order chi connectivity index (χ1) is 15.8. The van der Waals surface area contributed by atoms with Crippen LogP contribution in [0.2, 0.25) is 0 Å². The highest BCUT2D eigenvalue weighted by molar-refractivity contribution is 7.80. The van der Waals surface area contributed by atoms with Gasteiger partial charge in [-0.25, -0.2) is 4.39 Å². The lowest BCUT2D eigenvalue weighted by molar-refractivity contribution is 0.176. The minimum atomic E-state index is -0.230. The van der Waals surface area contributed by atoms with E-state index in [1.807, 2.05) is 23.2 Å². The zero-order valence-corrected chi connectivity index (χ0v) is 20.6. The van der Waals surface area contributed by atoms with Gasteiger partial charge in [0, 0.05) is 51.0 Å². The molecule has 0 unspecified atom stereocenters. The number of nitrogens with zero attached hydrogens (tertiary/aromatic N) is 6. The van der Waals surface area contributed by atoms with E-state index in [4.69, 9.17) is 12.2 Å². The van der Waals surface area contributed by atoms with Crippen LogP contribution in [0.5, 0.6) is 0 Å². The summed E-state index contributed by atoms with van der Waals surface area (Å²) in [6.07, 6.45) is 2.16. The number of aryl methyl sites for hydroxylation is 3. The maximum Gasteiger partial charge on any atom is 0.173 e. The predicted molar refractivity (Wildman–Crippen MR) is 133 cm³/mol. The molecular weight excluding hydrogens is 437 g/mol. The van der Waals surface area contributed by atoms with Gasteiger partial charge in [0.15, 0.2) is 5.11 Å². The molecule has 0 aliphatic carbocycles. The zero-order valence-electron chi connectivity index (χ0n) is 19.8. The molecule has 3 heterocycles. The fourth-order valence-electron chi connectivity index (χ4n) is 4.21. The van der Waals surface area contributed by atoms with Crippen LogP contribution in [0.25, 0.3) is 0 Å². The van der Waals surface area contributed by atoms with Crippen molar-refractivity contribution in [2.75, 3.05) is 31.5 Å². The van der Waals surface area contributed by atoms with Crippen molar-refractivity contribution in [2.45, 2.75) is 47.3 Å². The van der Waals surface area contributed by atoms with Crippen molar-refractivity contribution < 1.29 is 4.39 Å². The second-order valence-corrected chi connectivity index (χ2v) is 9.01. The third-order valence-corrected chi connectivity index (χ3v) is 6.64. The van der Waals surface area contributed by atoms with Crippen molar-refractivity contribution in [2.24, 2.45) is 0 Å². The average molecular weight is 470 g/mol. The Labute approximate surface area is 200 Å². The van der Waals surface area contributed by atoms with E-state index in [1.54, 1.807) is 12.1 Å². The zero-order chi connectivity index (χ0) is 23.5. The molecule has 176 valence electrons. The quantitative estimate of drug-likeness (QED) is 0.556. The van der Waals surface area contributed by atoms with Crippen molar-refractivity contribution in [3.63, 3.8) is 0 Å². The fraction of sp³-hybridized carbons (Fsp3) is 0.458. The highest BCUT2D eigenvalue weighted by atomic mass is 32.1. The number of anilines is 1. The number of hydrogen-bond donors (Lipinski definition) is 1. The minimum absolute atomic E-state index is 0.230. The van der Waals surface area contributed by atoms with Crippen molar-refractivity contribution >= 4 is 23.0 Å². The Morgan fingerprint density at radius 1 is 1.00 bits per heavy atom. The van der Waals surface area contributed by atoms with E-state index in [0.29, 0.717) is 6.54 Å². The van der Waals surface area contributed by atoms with Crippen LogP contribution in [0.3, 0.4) is 0 Å². The maximum absolute atomic E-state index is 13.2. The highest BCUT2D eigenvalue weighted by Crippen LogP contribution is 2.22. The summed E-state index contributed by atoms with van der Waals surface area (Å²) >= 11 is 5.74. The van der Waals surface area contributed by atoms with Gasteiger partial charge in [0.2, 0.25) is 0 Å². The van der Waals surface area contributed by atoms with E-state index in [0.717, 1.165) is 72.7 Å². The van der Waals surface area contributed by atoms with Gasteiger partial charge in [-0.3, -0.25) is 14.3 Å². The number of thiocarbonyl (C=S) groups is 1. The van der Waals surface area contributed by atoms with Gasteiger partial charge in [0.25, 0.3) is 0 Å². The largest absolute Gasteiger partial charge is 0.346 e. The van der Waals surface area contributed by atoms with Gasteiger partial charge in [0.1, 0.15) is 5.82 Å². The molecule has 0 bridgehead atoms. The first-order valence-electron chi connectivity index (χ1n) is 11.4. The van der Waals surface area contributed by atoms with E-state index in [9.17, 15) is 4.39 Å². The summed E-state index contributed by atoms with van der Waals surface area (Å²) in [5, 5.41) is 13.4. The highest BCUT2D eigenvalue weighted by Gasteiger charge is 2.22. The SMILES string of the molecule is CCn1cc(CN2CCN(C(=S)Nc3c(C)nn(Cc4ccc(F)cc4)c3C)CC2)c(C)n1. The van der Waals surface area contributed by atoms with Gasteiger partial charge in [-0.2, -0.15) is 10.2 Å². The number of hydrogen-bond acceptors (Lipinski definition) is 4. The van der Waals surface area contributed by atoms with Crippen molar-refractivity contribution in [3.8, 4) is 0 Å². The lowest BCUT2D eigenvalue weighted by atomic mass is 10.2. The molecule has 0 atom stereocenters. The number of rotatable bonds is 6. The summed E-state index contributed by atoms with van der Waals surface area (Å²) in [4.78, 5) is 4.69. The third-order valence-electron chi connectivity index (χ3n) is 6.28. The van der Waals surface area contributed by atoms with Crippen LogP contribution >= 0.6 is 12.2 Å². The van der Waals surface area contributed by atoms with Gasteiger partial charge in [-0.15, -0.1) is 0 Å². The van der Waals surface area contributed by atoms with Crippen LogP contribution in [0, 0.1) is 26.6 Å². The van der Waals surface area contributed by atoms with E-state index in [1.165, 1.54) is 17.7 Å². The van der Waals surface area contributed by atoms with Crippen molar-refractivity contribution in [1.29, 1.82) is 0 Å². The summed E-state index contributed by atoms with van der Waals surface area (Å²) in [6, 6.07) is 6.54. The number of halogens is 1. The third kappa shape index (κ3) is 5.42. The summed E-state index contributed by atoms with van der Waals surface area (Å²) in [7, 11) is 0. The predicted octanol–water partition coefficient (Wildman–Crippen LogP) is 3.73. The average Bonchev–Trinajstić information content (AvgIpc) is 3.29. The molecule has 7 nitrogen and oxygen atoms in total. The van der Waals surface area contributed by atoms with E-state index in [-0.39, 0.29) is 5.82 Å². The Kier molecular flexibility index (Phi) is 7.09. The van der Waals surface area contributed by atoms with E-state index in [2.05, 4.69) is 45.4 Å². The topological polar surface area (TPSA) is 54.1 Å². The molecule has 0 radical (unpaired) electrons. The second kappa shape index (κ2) is 10.0. The Bertz CT molecular complexity index is 1110. The summed E-state index contributed by atoms with van der Waals surface area (Å²) < 4.78 is 17.1. The van der Waals surface area contributed by atoms with Crippen LogP contribution in [0.1, 0.15) is 35.1 Å². The molecule has 1 N–H and O–H groups in total. The van der Waals surface area contributed by atoms with Gasteiger partial charge >= 0.3 is 0 Å². The van der Waals surface area contributed by atoms with Crippen molar-refractivity contribution in [3.05, 3.63) is 64.5 Å². The molecule has 2 aromatic heterocycles. The normalized spacial score (nSPS) is 14.6. The smallest absolute Gasteiger partial charge is 0.173 e. The molecule has 0 saturated carbocycles. The van der Waals surface area contributed by atoms with Gasteiger partial charge in [-0.05, 0) is 57.6 Å². The molecule has 0 spiro atoms. The van der Waals surface area contributed by atoms with E-state index < -0.39 is 0 Å². The second-order valence-electron chi connectivity index (χ2n) is 8.62. The van der Waals surface area contributed by atoms with Crippen LogP contribution in [-0.2, 0) is 19.6 Å². The van der Waals surface area contributed by atoms with Gasteiger partial charge in [-0.1, -0.05) is 12.1 Å². The van der Waals surface area contributed by atoms with Crippen LogP contribution in [0.4, 0.5) is 10.1 Å². The Balaban J connectivity index is 1.33.